The third-order valence-corrected chi connectivity index (χ3v) is 5.79. The lowest BCUT2D eigenvalue weighted by Crippen LogP contribution is -2.23. The molecular weight excluding hydrogens is 382 g/mol. The van der Waals surface area contributed by atoms with E-state index in [1.54, 1.807) is 0 Å². The molecule has 0 bridgehead atoms. The maximum Gasteiger partial charge on any atom is 0.348 e. The number of esters is 1. The molecule has 0 fully saturated rings. The predicted molar refractivity (Wildman–Crippen MR) is 111 cm³/mol. The van der Waals surface area contributed by atoms with Gasteiger partial charge in [-0.2, -0.15) is 4.98 Å². The number of carbonyl (C=O) groups is 1. The van der Waals surface area contributed by atoms with Crippen molar-refractivity contribution in [3.63, 3.8) is 0 Å². The van der Waals surface area contributed by atoms with Gasteiger partial charge < -0.3 is 9.64 Å². The summed E-state index contributed by atoms with van der Waals surface area (Å²) in [6.07, 6.45) is 0.687. The number of rotatable bonds is 7. The summed E-state index contributed by atoms with van der Waals surface area (Å²) in [5.41, 5.74) is 1.98. The van der Waals surface area contributed by atoms with Crippen molar-refractivity contribution >= 4 is 44.9 Å². The number of aryl methyl sites for hydroxylation is 1. The Hall–Kier alpha value is -2.18. The lowest BCUT2D eigenvalue weighted by Gasteiger charge is -2.20. The number of ether oxygens (including phenoxy) is 1. The molecule has 0 aliphatic heterocycles. The molecule has 3 rings (SSSR count). The molecule has 0 spiro atoms. The quantitative estimate of drug-likeness (QED) is 0.415. The zero-order chi connectivity index (χ0) is 19.4. The Labute approximate surface area is 168 Å². The van der Waals surface area contributed by atoms with Gasteiger partial charge in [-0.15, -0.1) is 11.3 Å². The van der Waals surface area contributed by atoms with Gasteiger partial charge in [0.15, 0.2) is 0 Å². The SMILES string of the molecule is CCN(CC)c1nc(Cl)nc2sc(C(=O)OCCc3ccccc3)c(C)c12. The highest BCUT2D eigenvalue weighted by atomic mass is 35.5. The average molecular weight is 404 g/mol. The van der Waals surface area contributed by atoms with E-state index in [4.69, 9.17) is 16.3 Å². The largest absolute Gasteiger partial charge is 0.461 e. The van der Waals surface area contributed by atoms with E-state index in [1.165, 1.54) is 11.3 Å². The van der Waals surface area contributed by atoms with Gasteiger partial charge in [-0.1, -0.05) is 30.3 Å². The van der Waals surface area contributed by atoms with Crippen LogP contribution in [0.5, 0.6) is 0 Å². The monoisotopic (exact) mass is 403 g/mol. The van der Waals surface area contributed by atoms with E-state index in [1.807, 2.05) is 37.3 Å². The van der Waals surface area contributed by atoms with E-state index in [-0.39, 0.29) is 11.3 Å². The smallest absolute Gasteiger partial charge is 0.348 e. The fourth-order valence-electron chi connectivity index (χ4n) is 3.01. The van der Waals surface area contributed by atoms with E-state index >= 15 is 0 Å². The van der Waals surface area contributed by atoms with Crippen LogP contribution in [0.15, 0.2) is 30.3 Å². The lowest BCUT2D eigenvalue weighted by molar-refractivity contribution is 0.0514. The number of nitrogens with zero attached hydrogens (tertiary/aromatic N) is 3. The van der Waals surface area contributed by atoms with Crippen molar-refractivity contribution in [2.24, 2.45) is 0 Å². The predicted octanol–water partition coefficient (Wildman–Crippen LogP) is 4.90. The van der Waals surface area contributed by atoms with Crippen molar-refractivity contribution in [2.75, 3.05) is 24.6 Å². The second-order valence-corrected chi connectivity index (χ2v) is 7.43. The molecule has 0 aliphatic rings. The standard InChI is InChI=1S/C20H22ClN3O2S/c1-4-24(5-2)17-15-13(3)16(27-18(15)23-20(21)22-17)19(25)26-12-11-14-9-7-6-8-10-14/h6-10H,4-5,11-12H2,1-3H3. The van der Waals surface area contributed by atoms with Crippen LogP contribution in [-0.4, -0.2) is 35.6 Å². The van der Waals surface area contributed by atoms with Crippen LogP contribution in [0, 0.1) is 6.92 Å². The summed E-state index contributed by atoms with van der Waals surface area (Å²) in [5, 5.41) is 1.07. The van der Waals surface area contributed by atoms with E-state index in [9.17, 15) is 4.79 Å². The first kappa shape index (κ1) is 19.6. The maximum atomic E-state index is 12.6. The molecular formula is C20H22ClN3O2S. The minimum Gasteiger partial charge on any atom is -0.461 e. The number of hydrogen-bond donors (Lipinski definition) is 0. The van der Waals surface area contributed by atoms with Gasteiger partial charge >= 0.3 is 5.97 Å². The number of thiophene rings is 1. The fraction of sp³-hybridized carbons (Fsp3) is 0.350. The number of hydrogen-bond acceptors (Lipinski definition) is 6. The minimum atomic E-state index is -0.326. The number of aromatic nitrogens is 2. The normalized spacial score (nSPS) is 11.0. The van der Waals surface area contributed by atoms with Crippen LogP contribution in [0.2, 0.25) is 5.28 Å². The molecule has 2 heterocycles. The summed E-state index contributed by atoms with van der Waals surface area (Å²) in [5.74, 6) is 0.445. The molecule has 27 heavy (non-hydrogen) atoms. The van der Waals surface area contributed by atoms with Crippen molar-refractivity contribution in [2.45, 2.75) is 27.2 Å². The Morgan fingerprint density at radius 1 is 1.19 bits per heavy atom. The molecule has 2 aromatic heterocycles. The highest BCUT2D eigenvalue weighted by molar-refractivity contribution is 7.20. The molecule has 0 unspecified atom stereocenters. The van der Waals surface area contributed by atoms with Gasteiger partial charge in [0.1, 0.15) is 15.5 Å². The summed E-state index contributed by atoms with van der Waals surface area (Å²) < 4.78 is 5.50. The molecule has 0 saturated heterocycles. The van der Waals surface area contributed by atoms with Gasteiger partial charge in [0.05, 0.1) is 12.0 Å². The van der Waals surface area contributed by atoms with E-state index in [2.05, 4.69) is 28.7 Å². The van der Waals surface area contributed by atoms with E-state index < -0.39 is 0 Å². The van der Waals surface area contributed by atoms with Crippen molar-refractivity contribution in [3.05, 3.63) is 51.6 Å². The number of fused-ring (bicyclic) bond motifs is 1. The molecule has 0 saturated carbocycles. The number of anilines is 1. The Bertz CT molecular complexity index is 939. The minimum absolute atomic E-state index is 0.189. The summed E-state index contributed by atoms with van der Waals surface area (Å²) >= 11 is 7.42. The molecule has 0 radical (unpaired) electrons. The van der Waals surface area contributed by atoms with Gasteiger partial charge in [0.25, 0.3) is 0 Å². The second kappa shape index (κ2) is 8.67. The van der Waals surface area contributed by atoms with E-state index in [0.717, 1.165) is 35.4 Å². The van der Waals surface area contributed by atoms with Gasteiger partial charge in [-0.05, 0) is 43.5 Å². The highest BCUT2D eigenvalue weighted by Gasteiger charge is 2.23. The third-order valence-electron chi connectivity index (χ3n) is 4.46. The molecule has 7 heteroatoms. The molecule has 1 aromatic carbocycles. The topological polar surface area (TPSA) is 55.3 Å². The van der Waals surface area contributed by atoms with Gasteiger partial charge in [-0.3, -0.25) is 0 Å². The zero-order valence-corrected chi connectivity index (χ0v) is 17.2. The molecule has 0 amide bonds. The van der Waals surface area contributed by atoms with Crippen molar-refractivity contribution in [1.82, 2.24) is 9.97 Å². The Morgan fingerprint density at radius 3 is 2.56 bits per heavy atom. The third kappa shape index (κ3) is 4.22. The first-order valence-electron chi connectivity index (χ1n) is 8.97. The Balaban J connectivity index is 1.85. The van der Waals surface area contributed by atoms with Crippen LogP contribution in [0.25, 0.3) is 10.2 Å². The molecule has 0 atom stereocenters. The molecule has 5 nitrogen and oxygen atoms in total. The average Bonchev–Trinajstić information content (AvgIpc) is 3.00. The Morgan fingerprint density at radius 2 is 1.89 bits per heavy atom. The first-order valence-corrected chi connectivity index (χ1v) is 10.2. The number of benzene rings is 1. The molecule has 0 aliphatic carbocycles. The van der Waals surface area contributed by atoms with Crippen molar-refractivity contribution in [3.8, 4) is 0 Å². The lowest BCUT2D eigenvalue weighted by atomic mass is 10.2. The van der Waals surface area contributed by atoms with Crippen LogP contribution >= 0.6 is 22.9 Å². The van der Waals surface area contributed by atoms with Crippen LogP contribution in [-0.2, 0) is 11.2 Å². The molecule has 0 N–H and O–H groups in total. The second-order valence-electron chi connectivity index (χ2n) is 6.10. The Kier molecular flexibility index (Phi) is 6.29. The number of halogens is 1. The van der Waals surface area contributed by atoms with Gasteiger partial charge in [0, 0.05) is 19.5 Å². The summed E-state index contributed by atoms with van der Waals surface area (Å²) in [4.78, 5) is 24.7. The van der Waals surface area contributed by atoms with Crippen LogP contribution in [0.1, 0.15) is 34.6 Å². The van der Waals surface area contributed by atoms with Gasteiger partial charge in [0.2, 0.25) is 5.28 Å². The molecule has 3 aromatic rings. The van der Waals surface area contributed by atoms with Crippen molar-refractivity contribution < 1.29 is 9.53 Å². The van der Waals surface area contributed by atoms with E-state index in [0.29, 0.717) is 22.7 Å². The summed E-state index contributed by atoms with van der Waals surface area (Å²) in [6.45, 7) is 7.97. The van der Waals surface area contributed by atoms with Crippen molar-refractivity contribution in [1.29, 1.82) is 0 Å². The fourth-order valence-corrected chi connectivity index (χ4v) is 4.29. The highest BCUT2D eigenvalue weighted by Crippen LogP contribution is 2.36. The van der Waals surface area contributed by atoms with Gasteiger partial charge in [-0.25, -0.2) is 9.78 Å². The maximum absolute atomic E-state index is 12.6. The van der Waals surface area contributed by atoms with Crippen LogP contribution in [0.4, 0.5) is 5.82 Å². The summed E-state index contributed by atoms with van der Waals surface area (Å²) in [6, 6.07) is 9.96. The number of carbonyl (C=O) groups excluding carboxylic acids is 1. The zero-order valence-electron chi connectivity index (χ0n) is 15.7. The summed E-state index contributed by atoms with van der Waals surface area (Å²) in [7, 11) is 0. The molecule has 142 valence electrons. The first-order chi connectivity index (χ1) is 13.0. The van der Waals surface area contributed by atoms with Crippen LogP contribution < -0.4 is 4.90 Å². The van der Waals surface area contributed by atoms with Crippen LogP contribution in [0.3, 0.4) is 0 Å².